The quantitative estimate of drug-likeness (QED) is 0.836. The predicted octanol–water partition coefficient (Wildman–Crippen LogP) is 2.11. The van der Waals surface area contributed by atoms with E-state index in [-0.39, 0.29) is 11.3 Å². The fourth-order valence-electron chi connectivity index (χ4n) is 3.55. The van der Waals surface area contributed by atoms with Crippen LogP contribution in [0, 0.1) is 11.3 Å². The number of hydrogen-bond donors (Lipinski definition) is 0. The fourth-order valence-corrected chi connectivity index (χ4v) is 3.55. The summed E-state index contributed by atoms with van der Waals surface area (Å²) < 4.78 is 5.92. The number of aromatic nitrogens is 1. The lowest BCUT2D eigenvalue weighted by Gasteiger charge is -2.28. The molecule has 2 aliphatic rings. The largest absolute Gasteiger partial charge is 0.491 e. The number of pyridine rings is 1. The molecular formula is C15H20N2O2. The maximum Gasteiger partial charge on any atom is 0.219 e. The number of carbonyl (C=O) groups excluding carboxylic acids is 1. The smallest absolute Gasteiger partial charge is 0.219 e. The molecule has 1 amide bonds. The molecule has 1 aliphatic carbocycles. The van der Waals surface area contributed by atoms with Gasteiger partial charge in [0.05, 0.1) is 12.8 Å². The first-order chi connectivity index (χ1) is 9.20. The molecule has 102 valence electrons. The minimum atomic E-state index is 0.168. The first kappa shape index (κ1) is 12.5. The molecule has 2 heterocycles. The third-order valence-corrected chi connectivity index (χ3v) is 4.65. The Labute approximate surface area is 113 Å². The number of hydrogen-bond acceptors (Lipinski definition) is 3. The lowest BCUT2D eigenvalue weighted by atomic mass is 9.81. The number of fused-ring (bicyclic) bond motifs is 1. The lowest BCUT2D eigenvalue weighted by Crippen LogP contribution is -2.34. The minimum Gasteiger partial charge on any atom is -0.491 e. The van der Waals surface area contributed by atoms with E-state index >= 15 is 0 Å². The van der Waals surface area contributed by atoms with Gasteiger partial charge in [0.15, 0.2) is 0 Å². The molecule has 0 aromatic carbocycles. The van der Waals surface area contributed by atoms with Crippen LogP contribution < -0.4 is 4.74 Å². The van der Waals surface area contributed by atoms with Crippen molar-refractivity contribution in [3.05, 3.63) is 24.5 Å². The van der Waals surface area contributed by atoms with Gasteiger partial charge in [0, 0.05) is 31.6 Å². The van der Waals surface area contributed by atoms with Crippen molar-refractivity contribution >= 4 is 5.91 Å². The van der Waals surface area contributed by atoms with Gasteiger partial charge < -0.3 is 9.64 Å². The van der Waals surface area contributed by atoms with Gasteiger partial charge in [0.25, 0.3) is 0 Å². The molecule has 1 aromatic rings. The van der Waals surface area contributed by atoms with E-state index in [2.05, 4.69) is 4.98 Å². The molecule has 0 N–H and O–H groups in total. The molecular weight excluding hydrogens is 240 g/mol. The van der Waals surface area contributed by atoms with Crippen molar-refractivity contribution in [2.24, 2.45) is 11.3 Å². The van der Waals surface area contributed by atoms with Gasteiger partial charge in [-0.05, 0) is 30.9 Å². The number of ether oxygens (including phenoxy) is 1. The number of likely N-dealkylation sites (tertiary alicyclic amines) is 1. The molecule has 3 rings (SSSR count). The van der Waals surface area contributed by atoms with Crippen LogP contribution in [0.15, 0.2) is 24.5 Å². The second kappa shape index (κ2) is 4.83. The summed E-state index contributed by atoms with van der Waals surface area (Å²) in [6.45, 7) is 4.13. The maximum absolute atomic E-state index is 11.6. The average molecular weight is 260 g/mol. The van der Waals surface area contributed by atoms with Crippen LogP contribution in [0.2, 0.25) is 0 Å². The van der Waals surface area contributed by atoms with Crippen LogP contribution >= 0.6 is 0 Å². The van der Waals surface area contributed by atoms with Gasteiger partial charge in [0.1, 0.15) is 5.75 Å². The van der Waals surface area contributed by atoms with Gasteiger partial charge >= 0.3 is 0 Å². The van der Waals surface area contributed by atoms with Gasteiger partial charge in [0.2, 0.25) is 5.91 Å². The van der Waals surface area contributed by atoms with Gasteiger partial charge in [-0.1, -0.05) is 6.42 Å². The molecule has 1 aromatic heterocycles. The standard InChI is InChI=1S/C15H20N2O2/c1-12(18)17-9-13-4-2-6-15(13,10-17)11-19-14-5-3-7-16-8-14/h3,5,7-8,13H,2,4,6,9-11H2,1H3/t13-,15+/m1/s1. The van der Waals surface area contributed by atoms with E-state index in [1.54, 1.807) is 19.3 Å². The van der Waals surface area contributed by atoms with E-state index in [0.29, 0.717) is 12.5 Å². The molecule has 19 heavy (non-hydrogen) atoms. The summed E-state index contributed by atoms with van der Waals surface area (Å²) in [5.74, 6) is 1.62. The number of nitrogens with zero attached hydrogens (tertiary/aromatic N) is 2. The fraction of sp³-hybridized carbons (Fsp3) is 0.600. The van der Waals surface area contributed by atoms with E-state index in [1.165, 1.54) is 19.3 Å². The van der Waals surface area contributed by atoms with E-state index < -0.39 is 0 Å². The molecule has 2 fully saturated rings. The summed E-state index contributed by atoms with van der Waals surface area (Å²) in [4.78, 5) is 17.6. The van der Waals surface area contributed by atoms with Gasteiger partial charge in [-0.2, -0.15) is 0 Å². The third kappa shape index (κ3) is 2.31. The van der Waals surface area contributed by atoms with E-state index in [9.17, 15) is 4.79 Å². The van der Waals surface area contributed by atoms with Crippen molar-refractivity contribution < 1.29 is 9.53 Å². The number of amides is 1. The SMILES string of the molecule is CC(=O)N1C[C@H]2CCC[C@@]2(COc2cccnc2)C1. The maximum atomic E-state index is 11.6. The van der Waals surface area contributed by atoms with Crippen molar-refractivity contribution in [1.29, 1.82) is 0 Å². The van der Waals surface area contributed by atoms with E-state index in [1.807, 2.05) is 17.0 Å². The zero-order valence-corrected chi connectivity index (χ0v) is 11.3. The highest BCUT2D eigenvalue weighted by atomic mass is 16.5. The predicted molar refractivity (Wildman–Crippen MR) is 71.8 cm³/mol. The Balaban J connectivity index is 1.69. The summed E-state index contributed by atoms with van der Waals surface area (Å²) in [7, 11) is 0. The molecule has 0 spiro atoms. The Hall–Kier alpha value is -1.58. The normalized spacial score (nSPS) is 29.3. The Bertz CT molecular complexity index is 462. The Morgan fingerprint density at radius 1 is 1.63 bits per heavy atom. The lowest BCUT2D eigenvalue weighted by molar-refractivity contribution is -0.128. The Morgan fingerprint density at radius 2 is 2.53 bits per heavy atom. The molecule has 1 aliphatic heterocycles. The molecule has 0 radical (unpaired) electrons. The second-order valence-electron chi connectivity index (χ2n) is 5.83. The number of rotatable bonds is 3. The van der Waals surface area contributed by atoms with Crippen molar-refractivity contribution in [3.8, 4) is 5.75 Å². The highest BCUT2D eigenvalue weighted by Crippen LogP contribution is 2.48. The van der Waals surface area contributed by atoms with Crippen LogP contribution in [-0.2, 0) is 4.79 Å². The Morgan fingerprint density at radius 3 is 3.26 bits per heavy atom. The van der Waals surface area contributed by atoms with Crippen molar-refractivity contribution in [2.45, 2.75) is 26.2 Å². The molecule has 4 heteroatoms. The molecule has 1 saturated carbocycles. The topological polar surface area (TPSA) is 42.4 Å². The van der Waals surface area contributed by atoms with Gasteiger partial charge in [-0.25, -0.2) is 0 Å². The second-order valence-corrected chi connectivity index (χ2v) is 5.83. The van der Waals surface area contributed by atoms with E-state index in [4.69, 9.17) is 4.74 Å². The third-order valence-electron chi connectivity index (χ3n) is 4.65. The monoisotopic (exact) mass is 260 g/mol. The van der Waals surface area contributed by atoms with Gasteiger partial charge in [-0.3, -0.25) is 9.78 Å². The summed E-state index contributed by atoms with van der Waals surface area (Å²) in [5, 5.41) is 0. The molecule has 2 atom stereocenters. The molecule has 4 nitrogen and oxygen atoms in total. The first-order valence-corrected chi connectivity index (χ1v) is 6.98. The summed E-state index contributed by atoms with van der Waals surface area (Å²) in [6, 6.07) is 3.82. The van der Waals surface area contributed by atoms with Crippen LogP contribution in [0.25, 0.3) is 0 Å². The molecule has 0 unspecified atom stereocenters. The Kier molecular flexibility index (Phi) is 3.17. The van der Waals surface area contributed by atoms with Crippen LogP contribution in [0.1, 0.15) is 26.2 Å². The van der Waals surface area contributed by atoms with Gasteiger partial charge in [-0.15, -0.1) is 0 Å². The van der Waals surface area contributed by atoms with Crippen molar-refractivity contribution in [1.82, 2.24) is 9.88 Å². The summed E-state index contributed by atoms with van der Waals surface area (Å²) >= 11 is 0. The van der Waals surface area contributed by atoms with Crippen LogP contribution in [0.3, 0.4) is 0 Å². The summed E-state index contributed by atoms with van der Waals surface area (Å²) in [5.41, 5.74) is 0.168. The zero-order valence-electron chi connectivity index (χ0n) is 11.3. The minimum absolute atomic E-state index is 0.168. The average Bonchev–Trinajstić information content (AvgIpc) is 2.94. The highest BCUT2D eigenvalue weighted by molar-refractivity contribution is 5.73. The van der Waals surface area contributed by atoms with Crippen molar-refractivity contribution in [3.63, 3.8) is 0 Å². The van der Waals surface area contributed by atoms with Crippen LogP contribution in [-0.4, -0.2) is 35.5 Å². The zero-order chi connectivity index (χ0) is 13.3. The van der Waals surface area contributed by atoms with E-state index in [0.717, 1.165) is 18.8 Å². The number of carbonyl (C=O) groups is 1. The van der Waals surface area contributed by atoms with Crippen molar-refractivity contribution in [2.75, 3.05) is 19.7 Å². The molecule has 0 bridgehead atoms. The van der Waals surface area contributed by atoms with Crippen LogP contribution in [0.4, 0.5) is 0 Å². The summed E-state index contributed by atoms with van der Waals surface area (Å²) in [6.07, 6.45) is 7.14. The molecule has 1 saturated heterocycles. The van der Waals surface area contributed by atoms with Crippen LogP contribution in [0.5, 0.6) is 5.75 Å². The first-order valence-electron chi connectivity index (χ1n) is 6.98. The highest BCUT2D eigenvalue weighted by Gasteiger charge is 2.50.